The summed E-state index contributed by atoms with van der Waals surface area (Å²) >= 11 is 0. The maximum absolute atomic E-state index is 11.5. The molecule has 12 nitrogen and oxygen atoms in total. The number of nitrogens with one attached hydrogen (secondary N) is 2. The zero-order valence-corrected chi connectivity index (χ0v) is 14.6. The maximum Gasteiger partial charge on any atom is 0.324 e. The van der Waals surface area contributed by atoms with Gasteiger partial charge in [0, 0.05) is 6.42 Å². The molecule has 0 saturated carbocycles. The maximum atomic E-state index is 11.5. The summed E-state index contributed by atoms with van der Waals surface area (Å²) in [5, 5.41) is 37.6. The molecule has 0 aliphatic heterocycles. The van der Waals surface area contributed by atoms with Gasteiger partial charge in [0.15, 0.2) is 0 Å². The fourth-order valence-electron chi connectivity index (χ4n) is 2.05. The van der Waals surface area contributed by atoms with E-state index in [4.69, 9.17) is 15.9 Å². The Kier molecular flexibility index (Phi) is 10.4. The highest BCUT2D eigenvalue weighted by Gasteiger charge is 2.33. The van der Waals surface area contributed by atoms with E-state index in [9.17, 15) is 29.4 Å². The van der Waals surface area contributed by atoms with Gasteiger partial charge in [-0.2, -0.15) is 5.12 Å². The number of aliphatic carboxylic acids is 3. The van der Waals surface area contributed by atoms with Crippen LogP contribution in [0.4, 0.5) is 0 Å². The Morgan fingerprint density at radius 3 is 1.81 bits per heavy atom. The van der Waals surface area contributed by atoms with Crippen LogP contribution in [-0.4, -0.2) is 74.1 Å². The predicted molar refractivity (Wildman–Crippen MR) is 87.4 cm³/mol. The van der Waals surface area contributed by atoms with Crippen molar-refractivity contribution in [2.75, 3.05) is 6.61 Å². The summed E-state index contributed by atoms with van der Waals surface area (Å²) in [5.41, 5.74) is 9.68. The first kappa shape index (κ1) is 23.7. The molecule has 0 unspecified atom stereocenters. The van der Waals surface area contributed by atoms with Gasteiger partial charge in [0.2, 0.25) is 5.91 Å². The van der Waals surface area contributed by atoms with E-state index in [1.807, 2.05) is 0 Å². The Bertz CT molecular complexity index is 513. The van der Waals surface area contributed by atoms with Crippen molar-refractivity contribution in [1.29, 1.82) is 0 Å². The molecule has 0 aromatic heterocycles. The number of carbonyl (C=O) groups excluding carboxylic acids is 1. The van der Waals surface area contributed by atoms with Crippen molar-refractivity contribution in [2.45, 2.75) is 51.2 Å². The number of aliphatic hydroxyl groups excluding tert-OH is 1. The molecule has 0 spiro atoms. The molecule has 1 amide bonds. The second kappa shape index (κ2) is 11.4. The zero-order chi connectivity index (χ0) is 20.4. The summed E-state index contributed by atoms with van der Waals surface area (Å²) in [7, 11) is 0. The number of nitrogens with two attached hydrogens (primary N) is 1. The van der Waals surface area contributed by atoms with Crippen LogP contribution in [0.15, 0.2) is 0 Å². The molecule has 8 N–H and O–H groups in total. The molecule has 0 saturated heterocycles. The van der Waals surface area contributed by atoms with Gasteiger partial charge in [-0.25, -0.2) is 10.9 Å². The van der Waals surface area contributed by atoms with Crippen molar-refractivity contribution in [2.24, 2.45) is 11.7 Å². The third-order valence-corrected chi connectivity index (χ3v) is 3.34. The molecule has 26 heavy (non-hydrogen) atoms. The molecular weight excluding hydrogens is 352 g/mol. The summed E-state index contributed by atoms with van der Waals surface area (Å²) in [6, 6.07) is -4.33. The van der Waals surface area contributed by atoms with Crippen LogP contribution in [0.1, 0.15) is 33.1 Å². The highest BCUT2D eigenvalue weighted by atomic mass is 16.4. The summed E-state index contributed by atoms with van der Waals surface area (Å²) in [5.74, 6) is -5.03. The van der Waals surface area contributed by atoms with E-state index in [-0.39, 0.29) is 25.2 Å². The Balaban J connectivity index is 5.58. The number of nitrogens with zero attached hydrogens (tertiary/aromatic N) is 1. The van der Waals surface area contributed by atoms with E-state index >= 15 is 0 Å². The molecule has 0 aromatic rings. The number of carboxylic acids is 3. The Labute approximate surface area is 149 Å². The van der Waals surface area contributed by atoms with Gasteiger partial charge in [0.1, 0.15) is 18.1 Å². The highest BCUT2D eigenvalue weighted by molar-refractivity contribution is 5.78. The number of hydrogen-bond donors (Lipinski definition) is 7. The summed E-state index contributed by atoms with van der Waals surface area (Å²) < 4.78 is 0. The van der Waals surface area contributed by atoms with Crippen molar-refractivity contribution < 1.29 is 39.6 Å². The van der Waals surface area contributed by atoms with Gasteiger partial charge >= 0.3 is 17.9 Å². The van der Waals surface area contributed by atoms with E-state index in [0.29, 0.717) is 5.12 Å². The molecule has 0 aliphatic carbocycles. The van der Waals surface area contributed by atoms with Crippen molar-refractivity contribution in [1.82, 2.24) is 16.0 Å². The Morgan fingerprint density at radius 2 is 1.46 bits per heavy atom. The topological polar surface area (TPSA) is 203 Å². The normalized spacial score (nSPS) is 14.8. The molecule has 0 fully saturated rings. The van der Waals surface area contributed by atoms with Gasteiger partial charge < -0.3 is 26.2 Å². The monoisotopic (exact) mass is 378 g/mol. The van der Waals surface area contributed by atoms with Crippen molar-refractivity contribution >= 4 is 23.8 Å². The second-order valence-corrected chi connectivity index (χ2v) is 6.08. The number of carboxylic acid groups (broad SMARTS) is 3. The number of hydrazine groups is 2. The second-order valence-electron chi connectivity index (χ2n) is 6.08. The van der Waals surface area contributed by atoms with E-state index < -0.39 is 48.5 Å². The van der Waals surface area contributed by atoms with Crippen molar-refractivity contribution in [3.8, 4) is 0 Å². The van der Waals surface area contributed by atoms with Crippen LogP contribution in [-0.2, 0) is 19.2 Å². The first-order chi connectivity index (χ1) is 12.0. The lowest BCUT2D eigenvalue weighted by molar-refractivity contribution is -0.157. The number of primary amides is 1. The fraction of sp³-hybridized carbons (Fsp3) is 0.714. The van der Waals surface area contributed by atoms with E-state index in [1.54, 1.807) is 13.8 Å². The molecule has 0 bridgehead atoms. The van der Waals surface area contributed by atoms with Crippen LogP contribution >= 0.6 is 0 Å². The minimum atomic E-state index is -1.59. The van der Waals surface area contributed by atoms with Crippen molar-refractivity contribution in [3.05, 3.63) is 0 Å². The van der Waals surface area contributed by atoms with Gasteiger partial charge in [-0.3, -0.25) is 19.2 Å². The first-order valence-electron chi connectivity index (χ1n) is 7.88. The predicted octanol–water partition coefficient (Wildman–Crippen LogP) is -2.04. The molecule has 0 radical (unpaired) electrons. The third-order valence-electron chi connectivity index (χ3n) is 3.34. The lowest BCUT2D eigenvalue weighted by atomic mass is 10.0. The molecule has 12 heteroatoms. The summed E-state index contributed by atoms with van der Waals surface area (Å²) in [6.07, 6.45) is -0.515. The SMILES string of the molecule is CC(C)C[C@H](NN(N[C@@H](CO)C(=O)O)[C@@H](CCC(N)=O)C(=O)O)C(=O)O. The Hall–Kier alpha value is -2.28. The third kappa shape index (κ3) is 8.71. The number of rotatable bonds is 14. The smallest absolute Gasteiger partial charge is 0.324 e. The van der Waals surface area contributed by atoms with Crippen LogP contribution in [0, 0.1) is 5.92 Å². The van der Waals surface area contributed by atoms with Crippen molar-refractivity contribution in [3.63, 3.8) is 0 Å². The number of hydrogen-bond acceptors (Lipinski definition) is 8. The van der Waals surface area contributed by atoms with Gasteiger partial charge in [-0.15, -0.1) is 0 Å². The summed E-state index contributed by atoms with van der Waals surface area (Å²) in [4.78, 5) is 45.0. The first-order valence-corrected chi connectivity index (χ1v) is 7.88. The van der Waals surface area contributed by atoms with Gasteiger partial charge in [0.05, 0.1) is 6.61 Å². The van der Waals surface area contributed by atoms with E-state index in [0.717, 1.165) is 0 Å². The van der Waals surface area contributed by atoms with Gasteiger partial charge in [-0.05, 0) is 18.8 Å². The lowest BCUT2D eigenvalue weighted by Gasteiger charge is -2.34. The average molecular weight is 378 g/mol. The molecule has 0 aliphatic rings. The average Bonchev–Trinajstić information content (AvgIpc) is 2.49. The number of aliphatic hydroxyl groups is 1. The van der Waals surface area contributed by atoms with E-state index in [1.165, 1.54) is 0 Å². The summed E-state index contributed by atoms with van der Waals surface area (Å²) in [6.45, 7) is 2.63. The largest absolute Gasteiger partial charge is 0.480 e. The molecule has 0 rings (SSSR count). The molecular formula is C14H26N4O8. The van der Waals surface area contributed by atoms with Crippen LogP contribution in [0.3, 0.4) is 0 Å². The molecule has 0 heterocycles. The molecule has 0 aromatic carbocycles. The molecule has 3 atom stereocenters. The standard InChI is InChI=1S/C14H26N4O8/c1-7(2)5-8(12(21)22)16-18(17-9(6-19)13(23)24)10(14(25)26)3-4-11(15)20/h7-10,16-17,19H,3-6H2,1-2H3,(H2,15,20)(H,21,22)(H,23,24)(H,25,26)/t8-,9-,10-/m0/s1. The van der Waals surface area contributed by atoms with Crippen LogP contribution in [0.25, 0.3) is 0 Å². The van der Waals surface area contributed by atoms with E-state index in [2.05, 4.69) is 10.9 Å². The quantitative estimate of drug-likeness (QED) is 0.164. The van der Waals surface area contributed by atoms with Gasteiger partial charge in [0.25, 0.3) is 0 Å². The number of amides is 1. The highest BCUT2D eigenvalue weighted by Crippen LogP contribution is 2.10. The number of carbonyl (C=O) groups is 4. The Morgan fingerprint density at radius 1 is 0.962 bits per heavy atom. The van der Waals surface area contributed by atoms with Crippen LogP contribution in [0.2, 0.25) is 0 Å². The van der Waals surface area contributed by atoms with Crippen LogP contribution in [0.5, 0.6) is 0 Å². The zero-order valence-electron chi connectivity index (χ0n) is 14.6. The van der Waals surface area contributed by atoms with Crippen LogP contribution < -0.4 is 16.6 Å². The molecule has 150 valence electrons. The van der Waals surface area contributed by atoms with Gasteiger partial charge in [-0.1, -0.05) is 13.8 Å². The fourth-order valence-corrected chi connectivity index (χ4v) is 2.05. The lowest BCUT2D eigenvalue weighted by Crippen LogP contribution is -2.65. The minimum Gasteiger partial charge on any atom is -0.480 e. The minimum absolute atomic E-state index is 0.0625.